The van der Waals surface area contributed by atoms with Crippen molar-refractivity contribution in [1.29, 1.82) is 0 Å². The van der Waals surface area contributed by atoms with Gasteiger partial charge in [-0.15, -0.1) is 0 Å². The van der Waals surface area contributed by atoms with Crippen molar-refractivity contribution in [1.82, 2.24) is 0 Å². The predicted molar refractivity (Wildman–Crippen MR) is 84.3 cm³/mol. The molecule has 0 rings (SSSR count). The molecule has 0 saturated carbocycles. The molecule has 0 unspecified atom stereocenters. The third kappa shape index (κ3) is 18.1. The van der Waals surface area contributed by atoms with Crippen molar-refractivity contribution < 1.29 is 14.3 Å². The molecule has 0 aromatic heterocycles. The second-order valence-electron chi connectivity index (χ2n) is 4.72. The van der Waals surface area contributed by atoms with Crippen LogP contribution in [0.5, 0.6) is 0 Å². The van der Waals surface area contributed by atoms with Gasteiger partial charge in [0.25, 0.3) is 0 Å². The molecule has 0 amide bonds. The van der Waals surface area contributed by atoms with Crippen LogP contribution < -0.4 is 0 Å². The van der Waals surface area contributed by atoms with Crippen LogP contribution in [-0.4, -0.2) is 40.1 Å². The van der Waals surface area contributed by atoms with E-state index in [9.17, 15) is 4.79 Å². The largest absolute Gasteiger partial charge is 0.507 e. The molecule has 0 aliphatic carbocycles. The summed E-state index contributed by atoms with van der Waals surface area (Å²) in [5.74, 6) is 0. The average Bonchev–Trinajstić information content (AvgIpc) is 2.46. The number of hydrogen-bond donors (Lipinski definition) is 0. The Hall–Kier alpha value is 0.0687. The van der Waals surface area contributed by atoms with Crippen LogP contribution in [0.1, 0.15) is 59.3 Å². The summed E-state index contributed by atoms with van der Waals surface area (Å²) in [4.78, 5) is 9.74. The van der Waals surface area contributed by atoms with Crippen LogP contribution in [0.2, 0.25) is 13.3 Å². The number of ether oxygens (including phenoxy) is 2. The smallest absolute Gasteiger partial charge is 0.438 e. The normalized spacial score (nSPS) is 9.32. The molecule has 0 N–H and O–H groups in total. The van der Waals surface area contributed by atoms with Gasteiger partial charge in [0.2, 0.25) is 0 Å². The summed E-state index contributed by atoms with van der Waals surface area (Å²) in [5, 5.41) is 0. The van der Waals surface area contributed by atoms with Crippen molar-refractivity contribution in [3.8, 4) is 0 Å². The van der Waals surface area contributed by atoms with Crippen LogP contribution in [0.25, 0.3) is 0 Å². The molecule has 0 spiro atoms. The summed E-state index contributed by atoms with van der Waals surface area (Å²) in [7, 11) is 2.51. The Labute approximate surface area is 127 Å². The molecule has 0 aromatic rings. The van der Waals surface area contributed by atoms with Crippen molar-refractivity contribution in [2.45, 2.75) is 72.6 Å². The van der Waals surface area contributed by atoms with Crippen LogP contribution in [0.4, 0.5) is 4.79 Å². The molecule has 0 saturated heterocycles. The van der Waals surface area contributed by atoms with Gasteiger partial charge in [0.05, 0.1) is 14.2 Å². The molecule has 0 atom stereocenters. The SMILES string of the molecule is CCC[CH2][Sn+]([CH2]CCC)[CH2]CCC.COC(=O)OC. The van der Waals surface area contributed by atoms with Gasteiger partial charge in [-0.3, -0.25) is 0 Å². The topological polar surface area (TPSA) is 35.5 Å². The fourth-order valence-corrected chi connectivity index (χ4v) is 11.2. The fraction of sp³-hybridized carbons (Fsp3) is 0.933. The maximum atomic E-state index is 9.74. The first-order chi connectivity index (χ1) is 9.15. The molecule has 0 aliphatic heterocycles. The van der Waals surface area contributed by atoms with Crippen LogP contribution in [0, 0.1) is 0 Å². The summed E-state index contributed by atoms with van der Waals surface area (Å²) in [6.07, 6.45) is 8.19. The number of unbranched alkanes of at least 4 members (excludes halogenated alkanes) is 3. The maximum absolute atomic E-state index is 9.74. The van der Waals surface area contributed by atoms with Crippen LogP contribution >= 0.6 is 0 Å². The van der Waals surface area contributed by atoms with Gasteiger partial charge < -0.3 is 9.47 Å². The molecule has 0 bridgehead atoms. The molecule has 0 aromatic carbocycles. The fourth-order valence-electron chi connectivity index (χ4n) is 1.74. The molecule has 0 heterocycles. The van der Waals surface area contributed by atoms with E-state index in [4.69, 9.17) is 0 Å². The van der Waals surface area contributed by atoms with E-state index in [0.717, 1.165) is 0 Å². The monoisotopic (exact) mass is 381 g/mol. The molecule has 0 fully saturated rings. The first-order valence-electron chi connectivity index (χ1n) is 7.61. The van der Waals surface area contributed by atoms with Crippen molar-refractivity contribution in [3.05, 3.63) is 0 Å². The second-order valence-corrected chi connectivity index (χ2v) is 13.3. The van der Waals surface area contributed by atoms with Gasteiger partial charge >= 0.3 is 98.5 Å². The third-order valence-electron chi connectivity index (χ3n) is 2.98. The number of carbonyl (C=O) groups is 1. The standard InChI is InChI=1S/3C4H9.C3H6O3.Sn/c3*1-3-4-2;1-5-3(4)6-2;/h3*1,3-4H2,2H3;1-2H3;/q;;;;+1. The maximum Gasteiger partial charge on any atom is 0.507 e. The predicted octanol–water partition coefficient (Wildman–Crippen LogP) is 5.28. The van der Waals surface area contributed by atoms with Gasteiger partial charge in [-0.25, -0.2) is 4.79 Å². The summed E-state index contributed by atoms with van der Waals surface area (Å²) >= 11 is -0.839. The zero-order valence-electron chi connectivity index (χ0n) is 13.6. The second kappa shape index (κ2) is 18.1. The average molecular weight is 380 g/mol. The van der Waals surface area contributed by atoms with Crippen molar-refractivity contribution >= 4 is 25.9 Å². The molecule has 0 aliphatic rings. The van der Waals surface area contributed by atoms with Gasteiger partial charge in [-0.2, -0.15) is 0 Å². The molecular weight excluding hydrogens is 347 g/mol. The number of carbonyl (C=O) groups excluding carboxylic acids is 1. The van der Waals surface area contributed by atoms with E-state index in [1.54, 1.807) is 13.3 Å². The molecule has 114 valence electrons. The van der Waals surface area contributed by atoms with Crippen LogP contribution in [0.15, 0.2) is 0 Å². The zero-order valence-corrected chi connectivity index (χ0v) is 16.4. The van der Waals surface area contributed by atoms with E-state index in [-0.39, 0.29) is 0 Å². The minimum absolute atomic E-state index is 0.657. The molecule has 0 radical (unpaired) electrons. The minimum atomic E-state index is -0.839. The van der Waals surface area contributed by atoms with Crippen molar-refractivity contribution in [2.75, 3.05) is 14.2 Å². The summed E-state index contributed by atoms with van der Waals surface area (Å²) in [6, 6.07) is 0. The van der Waals surface area contributed by atoms with E-state index in [2.05, 4.69) is 30.2 Å². The molecular formula is C15H33O3Sn+. The molecule has 19 heavy (non-hydrogen) atoms. The number of hydrogen-bond acceptors (Lipinski definition) is 3. The Morgan fingerprint density at radius 2 is 1.11 bits per heavy atom. The Morgan fingerprint density at radius 3 is 1.26 bits per heavy atom. The Kier molecular flexibility index (Phi) is 20.3. The summed E-state index contributed by atoms with van der Waals surface area (Å²) in [5.41, 5.74) is 0. The molecule has 4 heteroatoms. The van der Waals surface area contributed by atoms with E-state index < -0.39 is 25.9 Å². The number of rotatable bonds is 9. The third-order valence-corrected chi connectivity index (χ3v) is 12.1. The van der Waals surface area contributed by atoms with E-state index in [1.807, 2.05) is 0 Å². The van der Waals surface area contributed by atoms with Gasteiger partial charge in [-0.1, -0.05) is 0 Å². The minimum Gasteiger partial charge on any atom is -0.438 e. The van der Waals surface area contributed by atoms with Crippen molar-refractivity contribution in [2.24, 2.45) is 0 Å². The van der Waals surface area contributed by atoms with Crippen LogP contribution in [-0.2, 0) is 9.47 Å². The van der Waals surface area contributed by atoms with Crippen LogP contribution in [0.3, 0.4) is 0 Å². The Balaban J connectivity index is 0. The summed E-state index contributed by atoms with van der Waals surface area (Å²) < 4.78 is 13.1. The van der Waals surface area contributed by atoms with Gasteiger partial charge in [0, 0.05) is 0 Å². The quantitative estimate of drug-likeness (QED) is 0.403. The van der Waals surface area contributed by atoms with Gasteiger partial charge in [-0.05, 0) is 0 Å². The van der Waals surface area contributed by atoms with Gasteiger partial charge in [0.15, 0.2) is 0 Å². The first-order valence-corrected chi connectivity index (χ1v) is 13.7. The molecule has 3 nitrogen and oxygen atoms in total. The van der Waals surface area contributed by atoms with Crippen molar-refractivity contribution in [3.63, 3.8) is 0 Å². The Bertz CT molecular complexity index is 161. The number of methoxy groups -OCH3 is 2. The van der Waals surface area contributed by atoms with E-state index in [1.165, 1.54) is 52.7 Å². The first kappa shape index (κ1) is 21.4. The Morgan fingerprint density at radius 1 is 0.789 bits per heavy atom. The van der Waals surface area contributed by atoms with Gasteiger partial charge in [0.1, 0.15) is 0 Å². The zero-order chi connectivity index (χ0) is 14.9. The van der Waals surface area contributed by atoms with E-state index >= 15 is 0 Å². The summed E-state index contributed by atoms with van der Waals surface area (Å²) in [6.45, 7) is 7.00. The van der Waals surface area contributed by atoms with E-state index in [0.29, 0.717) is 0 Å².